The second-order valence-corrected chi connectivity index (χ2v) is 5.24. The summed E-state index contributed by atoms with van der Waals surface area (Å²) in [6.07, 6.45) is 8.86. The minimum Gasteiger partial charge on any atom is -0.460 e. The third kappa shape index (κ3) is 4.86. The molecule has 0 bridgehead atoms. The van der Waals surface area contributed by atoms with Gasteiger partial charge in [0.25, 0.3) is 0 Å². The van der Waals surface area contributed by atoms with Crippen LogP contribution in [0, 0.1) is 23.2 Å². The van der Waals surface area contributed by atoms with Crippen LogP contribution >= 0.6 is 0 Å². The number of carbonyl (C=O) groups is 1. The summed E-state index contributed by atoms with van der Waals surface area (Å²) >= 11 is 0. The van der Waals surface area contributed by atoms with Crippen molar-refractivity contribution in [3.8, 4) is 6.07 Å². The van der Waals surface area contributed by atoms with Gasteiger partial charge in [-0.3, -0.25) is 4.79 Å². The Morgan fingerprint density at radius 1 is 1.53 bits per heavy atom. The summed E-state index contributed by atoms with van der Waals surface area (Å²) in [4.78, 5) is 11.7. The van der Waals surface area contributed by atoms with Crippen molar-refractivity contribution in [3.63, 3.8) is 0 Å². The first-order chi connectivity index (χ1) is 7.92. The Balaban J connectivity index is 2.53. The van der Waals surface area contributed by atoms with E-state index >= 15 is 0 Å². The predicted molar refractivity (Wildman–Crippen MR) is 66.0 cm³/mol. The highest BCUT2D eigenvalue weighted by molar-refractivity contribution is 5.70. The fourth-order valence-corrected chi connectivity index (χ4v) is 1.75. The van der Waals surface area contributed by atoms with Crippen molar-refractivity contribution in [1.29, 1.82) is 5.26 Å². The van der Waals surface area contributed by atoms with Gasteiger partial charge in [0.1, 0.15) is 5.60 Å². The molecule has 92 valence electrons. The van der Waals surface area contributed by atoms with Crippen molar-refractivity contribution in [3.05, 3.63) is 24.3 Å². The van der Waals surface area contributed by atoms with Gasteiger partial charge in [-0.1, -0.05) is 24.3 Å². The molecule has 2 unspecified atom stereocenters. The molecule has 3 nitrogen and oxygen atoms in total. The van der Waals surface area contributed by atoms with Crippen LogP contribution < -0.4 is 0 Å². The van der Waals surface area contributed by atoms with Crippen molar-refractivity contribution in [2.24, 2.45) is 11.8 Å². The van der Waals surface area contributed by atoms with Crippen LogP contribution in [0.25, 0.3) is 0 Å². The molecule has 0 aromatic rings. The minimum absolute atomic E-state index is 0.123. The van der Waals surface area contributed by atoms with Gasteiger partial charge in [0.2, 0.25) is 0 Å². The molecule has 0 aromatic heterocycles. The number of allylic oxidation sites excluding steroid dienone is 4. The van der Waals surface area contributed by atoms with Gasteiger partial charge in [0.15, 0.2) is 0 Å². The van der Waals surface area contributed by atoms with Gasteiger partial charge in [-0.25, -0.2) is 0 Å². The van der Waals surface area contributed by atoms with Crippen molar-refractivity contribution < 1.29 is 9.53 Å². The van der Waals surface area contributed by atoms with E-state index in [0.29, 0.717) is 0 Å². The molecule has 0 saturated carbocycles. The topological polar surface area (TPSA) is 50.1 Å². The van der Waals surface area contributed by atoms with Crippen LogP contribution in [0.4, 0.5) is 0 Å². The van der Waals surface area contributed by atoms with E-state index in [1.54, 1.807) is 0 Å². The zero-order valence-electron chi connectivity index (χ0n) is 10.6. The van der Waals surface area contributed by atoms with Crippen molar-refractivity contribution >= 4 is 5.97 Å². The number of carbonyl (C=O) groups excluding carboxylic acids is 1. The molecule has 0 fully saturated rings. The Kier molecular flexibility index (Phi) is 4.51. The number of nitriles is 1. The largest absolute Gasteiger partial charge is 0.460 e. The predicted octanol–water partition coefficient (Wildman–Crippen LogP) is 2.99. The lowest BCUT2D eigenvalue weighted by atomic mass is 9.86. The van der Waals surface area contributed by atoms with E-state index in [2.05, 4.69) is 6.07 Å². The van der Waals surface area contributed by atoms with Crippen molar-refractivity contribution in [2.45, 2.75) is 39.2 Å². The van der Waals surface area contributed by atoms with Gasteiger partial charge in [0, 0.05) is 0 Å². The molecule has 0 saturated heterocycles. The molecular weight excluding hydrogens is 214 g/mol. The summed E-state index contributed by atoms with van der Waals surface area (Å²) in [5.74, 6) is -0.476. The normalized spacial score (nSPS) is 20.7. The van der Waals surface area contributed by atoms with E-state index in [1.807, 2.05) is 45.1 Å². The first-order valence-electron chi connectivity index (χ1n) is 5.87. The fraction of sp³-hybridized carbons (Fsp3) is 0.571. The van der Waals surface area contributed by atoms with E-state index in [-0.39, 0.29) is 24.2 Å². The maximum absolute atomic E-state index is 11.7. The van der Waals surface area contributed by atoms with Gasteiger partial charge in [-0.05, 0) is 33.1 Å². The van der Waals surface area contributed by atoms with Crippen LogP contribution in [0.5, 0.6) is 0 Å². The van der Waals surface area contributed by atoms with Crippen molar-refractivity contribution in [1.82, 2.24) is 0 Å². The molecule has 17 heavy (non-hydrogen) atoms. The summed E-state index contributed by atoms with van der Waals surface area (Å²) < 4.78 is 5.23. The van der Waals surface area contributed by atoms with Gasteiger partial charge in [-0.2, -0.15) is 5.26 Å². The summed E-state index contributed by atoms with van der Waals surface area (Å²) in [5.41, 5.74) is -0.487. The Morgan fingerprint density at radius 3 is 2.71 bits per heavy atom. The number of nitrogens with zero attached hydrogens (tertiary/aromatic N) is 1. The summed E-state index contributed by atoms with van der Waals surface area (Å²) in [5, 5.41) is 9.11. The third-order valence-electron chi connectivity index (χ3n) is 2.50. The summed E-state index contributed by atoms with van der Waals surface area (Å²) in [6.45, 7) is 5.49. The minimum atomic E-state index is -0.487. The van der Waals surface area contributed by atoms with Crippen LogP contribution in [0.2, 0.25) is 0 Å². The van der Waals surface area contributed by atoms with E-state index in [4.69, 9.17) is 10.00 Å². The first kappa shape index (κ1) is 13.5. The van der Waals surface area contributed by atoms with Gasteiger partial charge in [0.05, 0.1) is 18.4 Å². The maximum atomic E-state index is 11.7. The van der Waals surface area contributed by atoms with Crippen molar-refractivity contribution in [2.75, 3.05) is 0 Å². The number of ether oxygens (including phenoxy) is 1. The highest BCUT2D eigenvalue weighted by atomic mass is 16.6. The van der Waals surface area contributed by atoms with Crippen LogP contribution in [0.15, 0.2) is 24.3 Å². The average Bonchev–Trinajstić information content (AvgIpc) is 2.24. The third-order valence-corrected chi connectivity index (χ3v) is 2.50. The number of esters is 1. The molecule has 0 amide bonds. The second kappa shape index (κ2) is 5.67. The van der Waals surface area contributed by atoms with Crippen LogP contribution in [-0.4, -0.2) is 11.6 Å². The molecule has 1 aliphatic carbocycles. The lowest BCUT2D eigenvalue weighted by Gasteiger charge is -2.22. The van der Waals surface area contributed by atoms with Gasteiger partial charge in [-0.15, -0.1) is 0 Å². The fourth-order valence-electron chi connectivity index (χ4n) is 1.75. The molecule has 0 spiro atoms. The number of rotatable bonds is 3. The second-order valence-electron chi connectivity index (χ2n) is 5.24. The zero-order valence-corrected chi connectivity index (χ0v) is 10.6. The Labute approximate surface area is 103 Å². The van der Waals surface area contributed by atoms with E-state index in [9.17, 15) is 4.79 Å². The van der Waals surface area contributed by atoms with Crippen LogP contribution in [0.3, 0.4) is 0 Å². The number of hydrogen-bond acceptors (Lipinski definition) is 3. The Hall–Kier alpha value is -1.56. The molecule has 0 radical (unpaired) electrons. The van der Waals surface area contributed by atoms with Gasteiger partial charge >= 0.3 is 5.97 Å². The van der Waals surface area contributed by atoms with Crippen LogP contribution in [-0.2, 0) is 9.53 Å². The summed E-state index contributed by atoms with van der Waals surface area (Å²) in [7, 11) is 0. The van der Waals surface area contributed by atoms with Crippen LogP contribution in [0.1, 0.15) is 33.6 Å². The summed E-state index contributed by atoms with van der Waals surface area (Å²) in [6, 6.07) is 2.20. The molecule has 1 aliphatic rings. The molecule has 0 N–H and O–H groups in total. The molecule has 3 heteroatoms. The lowest BCUT2D eigenvalue weighted by molar-refractivity contribution is -0.155. The first-order valence-corrected chi connectivity index (χ1v) is 5.87. The van der Waals surface area contributed by atoms with E-state index in [0.717, 1.165) is 6.42 Å². The average molecular weight is 233 g/mol. The zero-order chi connectivity index (χ0) is 12.9. The highest BCUT2D eigenvalue weighted by Gasteiger charge is 2.25. The monoisotopic (exact) mass is 233 g/mol. The Morgan fingerprint density at radius 2 is 2.24 bits per heavy atom. The van der Waals surface area contributed by atoms with E-state index < -0.39 is 5.60 Å². The Bertz CT molecular complexity index is 369. The molecule has 2 atom stereocenters. The van der Waals surface area contributed by atoms with E-state index in [1.165, 1.54) is 0 Å². The molecule has 0 heterocycles. The molecule has 0 aromatic carbocycles. The highest BCUT2D eigenvalue weighted by Crippen LogP contribution is 2.24. The quantitative estimate of drug-likeness (QED) is 0.704. The maximum Gasteiger partial charge on any atom is 0.307 e. The lowest BCUT2D eigenvalue weighted by Crippen LogP contribution is -2.26. The van der Waals surface area contributed by atoms with Gasteiger partial charge < -0.3 is 4.74 Å². The standard InChI is InChI=1S/C14H19NO2/c1-14(2,3)17-13(16)9-12(10-15)11-7-5-4-6-8-11/h4-7,11-12H,8-9H2,1-3H3. The smallest absolute Gasteiger partial charge is 0.307 e. The SMILES string of the molecule is CC(C)(C)OC(=O)CC(C#N)C1C=CC=CC1. The molecular formula is C14H19NO2. The molecule has 0 aliphatic heterocycles. The number of hydrogen-bond donors (Lipinski definition) is 0. The molecule has 1 rings (SSSR count).